The van der Waals surface area contributed by atoms with Crippen LogP contribution in [0.3, 0.4) is 0 Å². The Hall–Kier alpha value is -1.81. The van der Waals surface area contributed by atoms with Gasteiger partial charge >= 0.3 is 0 Å². The molecule has 0 fully saturated rings. The minimum atomic E-state index is -0.155. The minimum Gasteiger partial charge on any atom is -0.493 e. The summed E-state index contributed by atoms with van der Waals surface area (Å²) in [6.45, 7) is 1.89. The van der Waals surface area contributed by atoms with Crippen LogP contribution in [-0.4, -0.2) is 22.7 Å². The molecule has 0 saturated carbocycles. The van der Waals surface area contributed by atoms with E-state index in [-0.39, 0.29) is 5.78 Å². The van der Waals surface area contributed by atoms with Gasteiger partial charge in [0.05, 0.1) is 13.3 Å². The van der Waals surface area contributed by atoms with Crippen molar-refractivity contribution < 1.29 is 9.53 Å². The lowest BCUT2D eigenvalue weighted by atomic mass is 10.1. The Morgan fingerprint density at radius 2 is 2.11 bits per heavy atom. The summed E-state index contributed by atoms with van der Waals surface area (Å²) in [6.07, 6.45) is 1.52. The molecule has 1 heterocycles. The summed E-state index contributed by atoms with van der Waals surface area (Å²) in [5.41, 5.74) is 1.88. The molecule has 0 saturated heterocycles. The molecule has 5 heteroatoms. The number of ether oxygens (including phenoxy) is 1. The molecule has 0 bridgehead atoms. The van der Waals surface area contributed by atoms with Crippen LogP contribution in [0.2, 0.25) is 5.02 Å². The maximum absolute atomic E-state index is 12.4. The second-order valence-corrected chi connectivity index (χ2v) is 4.47. The third-order valence-corrected chi connectivity index (χ3v) is 2.86. The predicted octanol–water partition coefficient (Wildman–Crippen LogP) is 2.62. The number of ketones is 1. The smallest absolute Gasteiger partial charge is 0.214 e. The van der Waals surface area contributed by atoms with Gasteiger partial charge in [0.15, 0.2) is 11.4 Å². The van der Waals surface area contributed by atoms with E-state index in [0.29, 0.717) is 22.0 Å². The zero-order chi connectivity index (χ0) is 13.3. The van der Waals surface area contributed by atoms with Gasteiger partial charge < -0.3 is 4.74 Å². The number of carbonyl (C=O) groups is 1. The minimum absolute atomic E-state index is 0.155. The number of nitrogens with zero attached hydrogens (tertiary/aromatic N) is 2. The molecule has 0 N–H and O–H groups in total. The van der Waals surface area contributed by atoms with Gasteiger partial charge in [-0.2, -0.15) is 5.10 Å². The van der Waals surface area contributed by atoms with Crippen molar-refractivity contribution in [2.24, 2.45) is 7.05 Å². The molecule has 0 spiro atoms. The van der Waals surface area contributed by atoms with Crippen molar-refractivity contribution in [1.82, 2.24) is 9.78 Å². The van der Waals surface area contributed by atoms with Crippen molar-refractivity contribution in [2.75, 3.05) is 7.11 Å². The SMILES string of the molecule is COc1cnn(C)c1C(=O)c1cc(C)cc(Cl)c1. The Balaban J connectivity index is 2.50. The van der Waals surface area contributed by atoms with Gasteiger partial charge in [0.1, 0.15) is 0 Å². The van der Waals surface area contributed by atoms with Gasteiger partial charge in [-0.1, -0.05) is 11.6 Å². The molecule has 0 amide bonds. The van der Waals surface area contributed by atoms with Crippen LogP contribution in [0.25, 0.3) is 0 Å². The fourth-order valence-corrected chi connectivity index (χ4v) is 2.12. The zero-order valence-corrected chi connectivity index (χ0v) is 11.2. The fourth-order valence-electron chi connectivity index (χ4n) is 1.83. The van der Waals surface area contributed by atoms with Gasteiger partial charge in [-0.15, -0.1) is 0 Å². The molecule has 0 aliphatic heterocycles. The fraction of sp³-hybridized carbons (Fsp3) is 0.231. The predicted molar refractivity (Wildman–Crippen MR) is 69.4 cm³/mol. The first kappa shape index (κ1) is 12.6. The number of carbonyl (C=O) groups excluding carboxylic acids is 1. The van der Waals surface area contributed by atoms with Crippen LogP contribution in [0.15, 0.2) is 24.4 Å². The molecule has 0 aliphatic rings. The van der Waals surface area contributed by atoms with Crippen LogP contribution in [0.4, 0.5) is 0 Å². The molecule has 0 radical (unpaired) electrons. The molecule has 0 aliphatic carbocycles. The average Bonchev–Trinajstić information content (AvgIpc) is 2.68. The van der Waals surface area contributed by atoms with Crippen LogP contribution in [-0.2, 0) is 7.05 Å². The maximum atomic E-state index is 12.4. The summed E-state index contributed by atoms with van der Waals surface area (Å²) in [6, 6.07) is 5.24. The van der Waals surface area contributed by atoms with Crippen molar-refractivity contribution >= 4 is 17.4 Å². The summed E-state index contributed by atoms with van der Waals surface area (Å²) in [5.74, 6) is 0.303. The highest BCUT2D eigenvalue weighted by Crippen LogP contribution is 2.23. The first-order chi connectivity index (χ1) is 8.52. The number of hydrogen-bond acceptors (Lipinski definition) is 3. The number of aryl methyl sites for hydroxylation is 2. The molecule has 1 aromatic heterocycles. The molecule has 2 rings (SSSR count). The lowest BCUT2D eigenvalue weighted by Gasteiger charge is -2.06. The van der Waals surface area contributed by atoms with E-state index in [9.17, 15) is 4.79 Å². The topological polar surface area (TPSA) is 44.1 Å². The lowest BCUT2D eigenvalue weighted by Crippen LogP contribution is -2.10. The number of halogens is 1. The summed E-state index contributed by atoms with van der Waals surface area (Å²) < 4.78 is 6.63. The normalized spacial score (nSPS) is 10.4. The van der Waals surface area contributed by atoms with Crippen LogP contribution in [0.1, 0.15) is 21.6 Å². The summed E-state index contributed by atoms with van der Waals surface area (Å²) in [4.78, 5) is 12.4. The van der Waals surface area contributed by atoms with E-state index in [0.717, 1.165) is 5.56 Å². The quantitative estimate of drug-likeness (QED) is 0.801. The van der Waals surface area contributed by atoms with Gasteiger partial charge in [-0.05, 0) is 30.7 Å². The summed E-state index contributed by atoms with van der Waals surface area (Å²) >= 11 is 5.96. The molecule has 94 valence electrons. The molecular formula is C13H13ClN2O2. The molecule has 4 nitrogen and oxygen atoms in total. The Labute approximate surface area is 110 Å². The second-order valence-electron chi connectivity index (χ2n) is 4.03. The Kier molecular flexibility index (Phi) is 3.39. The van der Waals surface area contributed by atoms with Crippen molar-refractivity contribution in [2.45, 2.75) is 6.92 Å². The Bertz CT molecular complexity index is 585. The van der Waals surface area contributed by atoms with Gasteiger partial charge in [-0.25, -0.2) is 0 Å². The number of benzene rings is 1. The van der Waals surface area contributed by atoms with Crippen molar-refractivity contribution in [1.29, 1.82) is 0 Å². The third kappa shape index (κ3) is 2.24. The van der Waals surface area contributed by atoms with Crippen molar-refractivity contribution in [3.05, 3.63) is 46.2 Å². The highest BCUT2D eigenvalue weighted by molar-refractivity contribution is 6.31. The number of hydrogen-bond donors (Lipinski definition) is 0. The molecule has 0 atom stereocenters. The second kappa shape index (κ2) is 4.82. The summed E-state index contributed by atoms with van der Waals surface area (Å²) in [7, 11) is 3.21. The molecule has 0 unspecified atom stereocenters. The van der Waals surface area contributed by atoms with Crippen LogP contribution in [0.5, 0.6) is 5.75 Å². The first-order valence-corrected chi connectivity index (χ1v) is 5.78. The highest BCUT2D eigenvalue weighted by Gasteiger charge is 2.19. The third-order valence-electron chi connectivity index (χ3n) is 2.64. The first-order valence-electron chi connectivity index (χ1n) is 5.41. The van der Waals surface area contributed by atoms with Crippen LogP contribution in [0, 0.1) is 6.92 Å². The van der Waals surface area contributed by atoms with E-state index in [2.05, 4.69) is 5.10 Å². The summed E-state index contributed by atoms with van der Waals surface area (Å²) in [5, 5.41) is 4.56. The lowest BCUT2D eigenvalue weighted by molar-refractivity contribution is 0.102. The van der Waals surface area contributed by atoms with Crippen LogP contribution >= 0.6 is 11.6 Å². The highest BCUT2D eigenvalue weighted by atomic mass is 35.5. The van der Waals surface area contributed by atoms with Gasteiger partial charge in [0.2, 0.25) is 5.78 Å². The van der Waals surface area contributed by atoms with Crippen LogP contribution < -0.4 is 4.74 Å². The van der Waals surface area contributed by atoms with Gasteiger partial charge in [0, 0.05) is 17.6 Å². The van der Waals surface area contributed by atoms with E-state index >= 15 is 0 Å². The number of aromatic nitrogens is 2. The average molecular weight is 265 g/mol. The van der Waals surface area contributed by atoms with Crippen molar-refractivity contribution in [3.63, 3.8) is 0 Å². The maximum Gasteiger partial charge on any atom is 0.214 e. The largest absolute Gasteiger partial charge is 0.493 e. The number of methoxy groups -OCH3 is 1. The van der Waals surface area contributed by atoms with Crippen molar-refractivity contribution in [3.8, 4) is 5.75 Å². The Morgan fingerprint density at radius 1 is 1.39 bits per heavy atom. The molecule has 18 heavy (non-hydrogen) atoms. The molecule has 2 aromatic rings. The van der Waals surface area contributed by atoms with E-state index in [1.165, 1.54) is 18.0 Å². The Morgan fingerprint density at radius 3 is 2.72 bits per heavy atom. The zero-order valence-electron chi connectivity index (χ0n) is 10.4. The molecular weight excluding hydrogens is 252 g/mol. The number of rotatable bonds is 3. The van der Waals surface area contributed by atoms with Gasteiger partial charge in [-0.3, -0.25) is 9.48 Å². The van der Waals surface area contributed by atoms with E-state index in [4.69, 9.17) is 16.3 Å². The van der Waals surface area contributed by atoms with E-state index in [1.807, 2.05) is 6.92 Å². The van der Waals surface area contributed by atoms with E-state index in [1.54, 1.807) is 25.2 Å². The van der Waals surface area contributed by atoms with E-state index < -0.39 is 0 Å². The monoisotopic (exact) mass is 264 g/mol. The molecule has 1 aromatic carbocycles. The standard InChI is InChI=1S/C13H13ClN2O2/c1-8-4-9(6-10(14)5-8)13(17)12-11(18-3)7-15-16(12)2/h4-7H,1-3H3. The van der Waals surface area contributed by atoms with Gasteiger partial charge in [0.25, 0.3) is 0 Å².